The van der Waals surface area contributed by atoms with E-state index in [-0.39, 0.29) is 0 Å². The van der Waals surface area contributed by atoms with Crippen LogP contribution in [0.4, 0.5) is 0 Å². The molecule has 50 valence electrons. The molecule has 2 rings (SSSR count). The molecule has 1 nitrogen and oxygen atoms in total. The average Bonchev–Trinajstić information content (AvgIpc) is 2.33. The SMILES string of the molecule is Clc1ccc2nc[se]c2c1. The van der Waals surface area contributed by atoms with Crippen LogP contribution in [0, 0.1) is 0 Å². The van der Waals surface area contributed by atoms with Gasteiger partial charge in [-0.2, -0.15) is 0 Å². The monoisotopic (exact) mass is 217 g/mol. The van der Waals surface area contributed by atoms with Crippen LogP contribution in [0.3, 0.4) is 0 Å². The summed E-state index contributed by atoms with van der Waals surface area (Å²) in [6.45, 7) is 0. The van der Waals surface area contributed by atoms with Crippen LogP contribution in [0.25, 0.3) is 9.78 Å². The molecule has 0 aliphatic carbocycles. The second-order valence-electron chi connectivity index (χ2n) is 1.96. The summed E-state index contributed by atoms with van der Waals surface area (Å²) >= 11 is 6.19. The van der Waals surface area contributed by atoms with Crippen molar-refractivity contribution in [3.8, 4) is 0 Å². The summed E-state index contributed by atoms with van der Waals surface area (Å²) in [6, 6.07) is 5.83. The van der Waals surface area contributed by atoms with E-state index in [1.54, 1.807) is 0 Å². The fourth-order valence-electron chi connectivity index (χ4n) is 0.829. The standard InChI is InChI=1S/C7H4ClNSe/c8-5-1-2-6-7(3-5)10-4-9-6/h1-4H. The summed E-state index contributed by atoms with van der Waals surface area (Å²) in [5.41, 5.74) is 1.09. The van der Waals surface area contributed by atoms with E-state index in [4.69, 9.17) is 11.6 Å². The van der Waals surface area contributed by atoms with Crippen LogP contribution in [0.1, 0.15) is 0 Å². The van der Waals surface area contributed by atoms with Gasteiger partial charge in [-0.05, 0) is 0 Å². The molecule has 1 aromatic carbocycles. The Labute approximate surface area is 69.4 Å². The summed E-state index contributed by atoms with van der Waals surface area (Å²) in [4.78, 5) is 4.18. The van der Waals surface area contributed by atoms with Crippen molar-refractivity contribution in [3.05, 3.63) is 28.3 Å². The molecule has 0 aliphatic heterocycles. The van der Waals surface area contributed by atoms with Gasteiger partial charge in [-0.15, -0.1) is 0 Å². The van der Waals surface area contributed by atoms with Gasteiger partial charge in [0.1, 0.15) is 0 Å². The van der Waals surface area contributed by atoms with Crippen LogP contribution in [0.15, 0.2) is 23.3 Å². The van der Waals surface area contributed by atoms with Crippen LogP contribution in [0.5, 0.6) is 0 Å². The third-order valence-corrected chi connectivity index (χ3v) is 3.19. The van der Waals surface area contributed by atoms with Crippen LogP contribution < -0.4 is 0 Å². The Balaban J connectivity index is 2.86. The summed E-state index contributed by atoms with van der Waals surface area (Å²) in [7, 11) is 0. The molecule has 0 saturated carbocycles. The van der Waals surface area contributed by atoms with Crippen molar-refractivity contribution < 1.29 is 0 Å². The summed E-state index contributed by atoms with van der Waals surface area (Å²) in [5, 5.41) is 2.78. The van der Waals surface area contributed by atoms with Crippen LogP contribution in [0.2, 0.25) is 5.02 Å². The van der Waals surface area contributed by atoms with Gasteiger partial charge in [0.2, 0.25) is 0 Å². The molecule has 0 atom stereocenters. The first-order chi connectivity index (χ1) is 4.86. The first-order valence-electron chi connectivity index (χ1n) is 2.85. The minimum atomic E-state index is 0.417. The first-order valence-corrected chi connectivity index (χ1v) is 5.07. The Morgan fingerprint density at radius 1 is 1.40 bits per heavy atom. The van der Waals surface area contributed by atoms with Crippen molar-refractivity contribution in [2.45, 2.75) is 0 Å². The van der Waals surface area contributed by atoms with Crippen molar-refractivity contribution in [1.82, 2.24) is 4.98 Å². The van der Waals surface area contributed by atoms with Gasteiger partial charge in [-0.25, -0.2) is 0 Å². The van der Waals surface area contributed by atoms with Crippen LogP contribution in [-0.4, -0.2) is 19.5 Å². The van der Waals surface area contributed by atoms with Crippen LogP contribution in [-0.2, 0) is 0 Å². The molecule has 0 saturated heterocycles. The van der Waals surface area contributed by atoms with E-state index in [1.807, 2.05) is 23.3 Å². The predicted octanol–water partition coefficient (Wildman–Crippen LogP) is 1.95. The molecular weight excluding hydrogens is 212 g/mol. The fourth-order valence-corrected chi connectivity index (χ4v) is 2.65. The van der Waals surface area contributed by atoms with E-state index in [1.165, 1.54) is 4.26 Å². The number of nitrogens with zero attached hydrogens (tertiary/aromatic N) is 1. The molecular formula is C7H4ClNSe. The summed E-state index contributed by atoms with van der Waals surface area (Å²) in [6.07, 6.45) is 0. The van der Waals surface area contributed by atoms with Crippen molar-refractivity contribution in [2.75, 3.05) is 0 Å². The molecule has 1 heterocycles. The van der Waals surface area contributed by atoms with Gasteiger partial charge in [-0.3, -0.25) is 0 Å². The first kappa shape index (κ1) is 6.41. The van der Waals surface area contributed by atoms with Crippen molar-refractivity contribution in [2.24, 2.45) is 0 Å². The Morgan fingerprint density at radius 3 is 3.20 bits per heavy atom. The number of hydrogen-bond donors (Lipinski definition) is 0. The van der Waals surface area contributed by atoms with Crippen molar-refractivity contribution in [3.63, 3.8) is 0 Å². The van der Waals surface area contributed by atoms with E-state index in [2.05, 4.69) is 4.98 Å². The molecule has 1 aromatic heterocycles. The quantitative estimate of drug-likeness (QED) is 0.614. The Hall–Kier alpha value is -0.301. The number of fused-ring (bicyclic) bond motifs is 1. The maximum absolute atomic E-state index is 5.78. The van der Waals surface area contributed by atoms with Gasteiger partial charge < -0.3 is 0 Å². The van der Waals surface area contributed by atoms with Gasteiger partial charge in [0.25, 0.3) is 0 Å². The van der Waals surface area contributed by atoms with Crippen LogP contribution >= 0.6 is 11.6 Å². The maximum atomic E-state index is 5.78. The fraction of sp³-hybridized carbons (Fsp3) is 0. The van der Waals surface area contributed by atoms with E-state index in [0.717, 1.165) is 10.5 Å². The Bertz CT molecular complexity index is 355. The second kappa shape index (κ2) is 2.39. The molecule has 0 aliphatic rings. The van der Waals surface area contributed by atoms with Gasteiger partial charge in [0.15, 0.2) is 0 Å². The normalized spacial score (nSPS) is 10.5. The molecule has 0 N–H and O–H groups in total. The Kier molecular flexibility index (Phi) is 1.53. The molecule has 0 fully saturated rings. The number of rotatable bonds is 0. The molecule has 0 amide bonds. The van der Waals surface area contributed by atoms with Crippen molar-refractivity contribution >= 4 is 35.9 Å². The van der Waals surface area contributed by atoms with Gasteiger partial charge >= 0.3 is 69.2 Å². The number of halogens is 1. The molecule has 10 heavy (non-hydrogen) atoms. The van der Waals surface area contributed by atoms with Gasteiger partial charge in [0.05, 0.1) is 0 Å². The molecule has 0 radical (unpaired) electrons. The average molecular weight is 217 g/mol. The van der Waals surface area contributed by atoms with E-state index >= 15 is 0 Å². The topological polar surface area (TPSA) is 12.9 Å². The van der Waals surface area contributed by atoms with Gasteiger partial charge in [0, 0.05) is 0 Å². The molecule has 3 heteroatoms. The third-order valence-electron chi connectivity index (χ3n) is 1.29. The van der Waals surface area contributed by atoms with Gasteiger partial charge in [-0.1, -0.05) is 0 Å². The van der Waals surface area contributed by atoms with Crippen molar-refractivity contribution in [1.29, 1.82) is 0 Å². The Morgan fingerprint density at radius 2 is 2.30 bits per heavy atom. The number of aromatic nitrogens is 1. The zero-order chi connectivity index (χ0) is 6.97. The number of benzene rings is 1. The predicted molar refractivity (Wildman–Crippen MR) is 43.7 cm³/mol. The zero-order valence-corrected chi connectivity index (χ0v) is 7.51. The molecule has 0 unspecified atom stereocenters. The van der Waals surface area contributed by atoms with E-state index in [9.17, 15) is 0 Å². The number of hydrogen-bond acceptors (Lipinski definition) is 1. The third kappa shape index (κ3) is 0.988. The molecule has 0 bridgehead atoms. The van der Waals surface area contributed by atoms with E-state index < -0.39 is 0 Å². The second-order valence-corrected chi connectivity index (χ2v) is 4.26. The van der Waals surface area contributed by atoms with E-state index in [0.29, 0.717) is 14.5 Å². The minimum absolute atomic E-state index is 0.417. The summed E-state index contributed by atoms with van der Waals surface area (Å²) in [5.74, 6) is 0. The summed E-state index contributed by atoms with van der Waals surface area (Å²) < 4.78 is 1.29. The molecule has 2 aromatic rings. The molecule has 0 spiro atoms. The zero-order valence-electron chi connectivity index (χ0n) is 5.04.